The second-order valence-corrected chi connectivity index (χ2v) is 8.79. The molecule has 0 bridgehead atoms. The van der Waals surface area contributed by atoms with E-state index in [2.05, 4.69) is 11.3 Å². The first-order valence-electron chi connectivity index (χ1n) is 8.26. The number of carbonyl (C=O) groups excluding carboxylic acids is 2. The van der Waals surface area contributed by atoms with Gasteiger partial charge in [-0.2, -0.15) is 0 Å². The van der Waals surface area contributed by atoms with Gasteiger partial charge in [-0.15, -0.1) is 17.9 Å². The lowest BCUT2D eigenvalue weighted by molar-refractivity contribution is -0.142. The number of thiophene rings is 1. The molecule has 0 aliphatic rings. The number of aromatic nitrogens is 1. The van der Waals surface area contributed by atoms with Crippen molar-refractivity contribution in [3.05, 3.63) is 53.2 Å². The molecule has 0 saturated carbocycles. The molecule has 2 rings (SSSR count). The Labute approximate surface area is 162 Å². The standard InChI is InChI=1S/C18H22N2O5S2/c1-4-9-20-13(2)11-15(14(20)3)16(21)12-25-17(22)7-8-19-27(23,24)18-6-5-10-26-18/h4-6,10-11,19H,1,7-9,12H2,2-3H3. The van der Waals surface area contributed by atoms with E-state index in [1.54, 1.807) is 23.6 Å². The zero-order valence-corrected chi connectivity index (χ0v) is 16.9. The number of rotatable bonds is 10. The molecule has 0 atom stereocenters. The van der Waals surface area contributed by atoms with Crippen molar-refractivity contribution >= 4 is 33.1 Å². The van der Waals surface area contributed by atoms with Crippen LogP contribution in [0.5, 0.6) is 0 Å². The van der Waals surface area contributed by atoms with E-state index in [-0.39, 0.29) is 29.6 Å². The molecule has 0 spiro atoms. The number of nitrogens with one attached hydrogen (secondary N) is 1. The Kier molecular flexibility index (Phi) is 7.11. The Morgan fingerprint density at radius 3 is 2.74 bits per heavy atom. The van der Waals surface area contributed by atoms with Crippen LogP contribution in [0.2, 0.25) is 0 Å². The van der Waals surface area contributed by atoms with Crippen LogP contribution in [0, 0.1) is 13.8 Å². The fraction of sp³-hybridized carbons (Fsp3) is 0.333. The van der Waals surface area contributed by atoms with Crippen molar-refractivity contribution in [2.24, 2.45) is 0 Å². The Morgan fingerprint density at radius 2 is 2.11 bits per heavy atom. The summed E-state index contributed by atoms with van der Waals surface area (Å²) in [6.07, 6.45) is 1.58. The number of allylic oxidation sites excluding steroid dienone is 1. The highest BCUT2D eigenvalue weighted by atomic mass is 32.2. The molecule has 0 fully saturated rings. The van der Waals surface area contributed by atoms with Gasteiger partial charge >= 0.3 is 5.97 Å². The Balaban J connectivity index is 1.83. The lowest BCUT2D eigenvalue weighted by atomic mass is 10.1. The summed E-state index contributed by atoms with van der Waals surface area (Å²) in [5.74, 6) is -0.942. The maximum absolute atomic E-state index is 12.3. The predicted molar refractivity (Wildman–Crippen MR) is 104 cm³/mol. The van der Waals surface area contributed by atoms with Crippen LogP contribution >= 0.6 is 11.3 Å². The quantitative estimate of drug-likeness (QED) is 0.369. The van der Waals surface area contributed by atoms with Crippen LogP contribution in [0.3, 0.4) is 0 Å². The average Bonchev–Trinajstić information content (AvgIpc) is 3.24. The topological polar surface area (TPSA) is 94.5 Å². The third kappa shape index (κ3) is 5.38. The van der Waals surface area contributed by atoms with E-state index in [4.69, 9.17) is 4.74 Å². The molecule has 27 heavy (non-hydrogen) atoms. The molecule has 2 aromatic heterocycles. The van der Waals surface area contributed by atoms with E-state index in [1.165, 1.54) is 6.07 Å². The van der Waals surface area contributed by atoms with E-state index < -0.39 is 16.0 Å². The van der Waals surface area contributed by atoms with Crippen molar-refractivity contribution < 1.29 is 22.7 Å². The normalized spacial score (nSPS) is 11.3. The van der Waals surface area contributed by atoms with Crippen molar-refractivity contribution in [1.29, 1.82) is 0 Å². The smallest absolute Gasteiger partial charge is 0.307 e. The number of aryl methyl sites for hydroxylation is 1. The molecule has 9 heteroatoms. The van der Waals surface area contributed by atoms with Crippen molar-refractivity contribution in [2.45, 2.75) is 31.0 Å². The molecule has 0 saturated heterocycles. The highest BCUT2D eigenvalue weighted by Gasteiger charge is 2.18. The molecular weight excluding hydrogens is 388 g/mol. The lowest BCUT2D eigenvalue weighted by Crippen LogP contribution is -2.26. The van der Waals surface area contributed by atoms with E-state index in [9.17, 15) is 18.0 Å². The largest absolute Gasteiger partial charge is 0.457 e. The SMILES string of the molecule is C=CCn1c(C)cc(C(=O)COC(=O)CCNS(=O)(=O)c2cccs2)c1C. The van der Waals surface area contributed by atoms with Crippen LogP contribution in [0.25, 0.3) is 0 Å². The molecule has 0 amide bonds. The van der Waals surface area contributed by atoms with Gasteiger partial charge in [-0.3, -0.25) is 9.59 Å². The first-order chi connectivity index (χ1) is 12.8. The Morgan fingerprint density at radius 1 is 1.37 bits per heavy atom. The summed E-state index contributed by atoms with van der Waals surface area (Å²) in [5.41, 5.74) is 2.21. The maximum atomic E-state index is 12.3. The third-order valence-electron chi connectivity index (χ3n) is 3.93. The molecule has 0 aromatic carbocycles. The summed E-state index contributed by atoms with van der Waals surface area (Å²) in [6, 6.07) is 4.86. The minimum atomic E-state index is -3.62. The lowest BCUT2D eigenvalue weighted by Gasteiger charge is -2.07. The van der Waals surface area contributed by atoms with Crippen LogP contribution < -0.4 is 4.72 Å². The van der Waals surface area contributed by atoms with Gasteiger partial charge in [0, 0.05) is 30.0 Å². The van der Waals surface area contributed by atoms with Gasteiger partial charge in [0.05, 0.1) is 6.42 Å². The third-order valence-corrected chi connectivity index (χ3v) is 6.79. The number of ketones is 1. The first kappa shape index (κ1) is 21.1. The van der Waals surface area contributed by atoms with Crippen molar-refractivity contribution in [3.8, 4) is 0 Å². The average molecular weight is 411 g/mol. The van der Waals surface area contributed by atoms with Gasteiger partial charge in [0.15, 0.2) is 6.61 Å². The number of sulfonamides is 1. The number of carbonyl (C=O) groups is 2. The predicted octanol–water partition coefficient (Wildman–Crippen LogP) is 2.45. The van der Waals surface area contributed by atoms with Gasteiger partial charge in [0.1, 0.15) is 4.21 Å². The fourth-order valence-electron chi connectivity index (χ4n) is 2.56. The van der Waals surface area contributed by atoms with Crippen LogP contribution in [-0.2, 0) is 26.1 Å². The van der Waals surface area contributed by atoms with Crippen LogP contribution in [-0.4, -0.2) is 37.9 Å². The van der Waals surface area contributed by atoms with Gasteiger partial charge in [-0.25, -0.2) is 13.1 Å². The monoisotopic (exact) mass is 410 g/mol. The highest BCUT2D eigenvalue weighted by molar-refractivity contribution is 7.91. The van der Waals surface area contributed by atoms with Crippen LogP contribution in [0.15, 0.2) is 40.4 Å². The van der Waals surface area contributed by atoms with E-state index >= 15 is 0 Å². The molecule has 7 nitrogen and oxygen atoms in total. The molecule has 2 aromatic rings. The van der Waals surface area contributed by atoms with Gasteiger partial charge in [0.25, 0.3) is 0 Å². The Bertz CT molecular complexity index is 927. The molecule has 0 aliphatic heterocycles. The number of esters is 1. The fourth-order valence-corrected chi connectivity index (χ4v) is 4.63. The van der Waals surface area contributed by atoms with E-state index in [0.717, 1.165) is 22.7 Å². The van der Waals surface area contributed by atoms with Crippen molar-refractivity contribution in [3.63, 3.8) is 0 Å². The Hall–Kier alpha value is -2.23. The number of nitrogens with zero attached hydrogens (tertiary/aromatic N) is 1. The summed E-state index contributed by atoms with van der Waals surface area (Å²) < 4.78 is 33.3. The number of ether oxygens (including phenoxy) is 1. The van der Waals surface area contributed by atoms with E-state index in [1.807, 2.05) is 18.4 Å². The number of Topliss-reactive ketones (excluding diaryl/α,β-unsaturated/α-hetero) is 1. The minimum Gasteiger partial charge on any atom is -0.457 e. The summed E-state index contributed by atoms with van der Waals surface area (Å²) in [7, 11) is -3.62. The van der Waals surface area contributed by atoms with Crippen LogP contribution in [0.4, 0.5) is 0 Å². The highest BCUT2D eigenvalue weighted by Crippen LogP contribution is 2.16. The van der Waals surface area contributed by atoms with Gasteiger partial charge < -0.3 is 9.30 Å². The van der Waals surface area contributed by atoms with Gasteiger partial charge in [-0.05, 0) is 31.4 Å². The maximum Gasteiger partial charge on any atom is 0.307 e. The molecule has 0 radical (unpaired) electrons. The summed E-state index contributed by atoms with van der Waals surface area (Å²) >= 11 is 1.09. The zero-order chi connectivity index (χ0) is 20.0. The number of hydrogen-bond donors (Lipinski definition) is 1. The molecule has 0 aliphatic carbocycles. The summed E-state index contributed by atoms with van der Waals surface area (Å²) in [5, 5.41) is 1.65. The van der Waals surface area contributed by atoms with Gasteiger partial charge in [0.2, 0.25) is 15.8 Å². The van der Waals surface area contributed by atoms with Crippen molar-refractivity contribution in [1.82, 2.24) is 9.29 Å². The first-order valence-corrected chi connectivity index (χ1v) is 10.6. The summed E-state index contributed by atoms with van der Waals surface area (Å²) in [6.45, 7) is 7.52. The number of hydrogen-bond acceptors (Lipinski definition) is 6. The van der Waals surface area contributed by atoms with Crippen LogP contribution in [0.1, 0.15) is 28.2 Å². The van der Waals surface area contributed by atoms with Gasteiger partial charge in [-0.1, -0.05) is 12.1 Å². The molecule has 0 unspecified atom stereocenters. The summed E-state index contributed by atoms with van der Waals surface area (Å²) in [4.78, 5) is 24.1. The zero-order valence-electron chi connectivity index (χ0n) is 15.2. The molecular formula is C18H22N2O5S2. The van der Waals surface area contributed by atoms with Crippen molar-refractivity contribution in [2.75, 3.05) is 13.2 Å². The molecule has 1 N–H and O–H groups in total. The second kappa shape index (κ2) is 9.12. The minimum absolute atomic E-state index is 0.0961. The second-order valence-electron chi connectivity index (χ2n) is 5.85. The molecule has 146 valence electrons. The van der Waals surface area contributed by atoms with E-state index in [0.29, 0.717) is 12.1 Å². The molecule has 2 heterocycles.